The van der Waals surface area contributed by atoms with Gasteiger partial charge in [-0.05, 0) is 42.3 Å². The summed E-state index contributed by atoms with van der Waals surface area (Å²) < 4.78 is 19.1. The Morgan fingerprint density at radius 2 is 2.00 bits per heavy atom. The van der Waals surface area contributed by atoms with Gasteiger partial charge in [-0.15, -0.1) is 0 Å². The number of aliphatic hydroxyl groups is 1. The van der Waals surface area contributed by atoms with Gasteiger partial charge in [0.25, 0.3) is 5.91 Å². The van der Waals surface area contributed by atoms with Crippen LogP contribution in [0.1, 0.15) is 18.9 Å². The molecule has 0 bridgehead atoms. The molecule has 2 amide bonds. The number of carbonyl (C=O) groups excluding carboxylic acids is 2. The minimum absolute atomic E-state index is 0.0493. The first-order valence-corrected chi connectivity index (χ1v) is 9.13. The van der Waals surface area contributed by atoms with E-state index in [1.165, 1.54) is 19.1 Å². The predicted molar refractivity (Wildman–Crippen MR) is 102 cm³/mol. The van der Waals surface area contributed by atoms with E-state index in [0.717, 1.165) is 5.56 Å². The Balaban J connectivity index is 1.59. The molecule has 1 fully saturated rings. The average Bonchev–Trinajstić information content (AvgIpc) is 3.16. The normalized spacial score (nSPS) is 16.1. The molecule has 6 nitrogen and oxygen atoms in total. The van der Waals surface area contributed by atoms with Crippen LogP contribution in [-0.4, -0.2) is 47.6 Å². The summed E-state index contributed by atoms with van der Waals surface area (Å²) in [6.07, 6.45) is 0.618. The topological polar surface area (TPSA) is 70.1 Å². The van der Waals surface area contributed by atoms with Crippen LogP contribution in [0.25, 0.3) is 0 Å². The molecule has 28 heavy (non-hydrogen) atoms. The molecule has 0 spiro atoms. The number of hydrogen-bond acceptors (Lipinski definition) is 4. The third-order valence-electron chi connectivity index (χ3n) is 4.78. The maximum absolute atomic E-state index is 13.6. The maximum Gasteiger partial charge on any atom is 0.260 e. The van der Waals surface area contributed by atoms with Crippen LogP contribution in [0.15, 0.2) is 48.5 Å². The number of benzene rings is 2. The smallest absolute Gasteiger partial charge is 0.260 e. The van der Waals surface area contributed by atoms with Crippen molar-refractivity contribution < 1.29 is 23.8 Å². The van der Waals surface area contributed by atoms with Crippen LogP contribution in [0.2, 0.25) is 0 Å². The molecule has 1 atom stereocenters. The molecule has 2 aromatic carbocycles. The highest BCUT2D eigenvalue weighted by Gasteiger charge is 2.32. The second-order valence-electron chi connectivity index (χ2n) is 6.74. The van der Waals surface area contributed by atoms with Gasteiger partial charge in [-0.2, -0.15) is 0 Å². The number of amides is 2. The molecular formula is C21H23FN2O4. The average molecular weight is 386 g/mol. The first kappa shape index (κ1) is 19.8. The SMILES string of the molecule is CC(=O)N(c1cccc(F)c1)C1CCN(C(=O)COc2ccc(CO)cc2)C1. The minimum Gasteiger partial charge on any atom is -0.484 e. The van der Waals surface area contributed by atoms with Crippen LogP contribution in [0.5, 0.6) is 5.75 Å². The molecule has 1 unspecified atom stereocenters. The van der Waals surface area contributed by atoms with E-state index in [-0.39, 0.29) is 31.1 Å². The summed E-state index contributed by atoms with van der Waals surface area (Å²) in [6, 6.07) is 12.6. The Kier molecular flexibility index (Phi) is 6.26. The molecule has 1 saturated heterocycles. The van der Waals surface area contributed by atoms with Gasteiger partial charge in [0.1, 0.15) is 11.6 Å². The number of carbonyl (C=O) groups is 2. The summed E-state index contributed by atoms with van der Waals surface area (Å²) in [4.78, 5) is 27.8. The summed E-state index contributed by atoms with van der Waals surface area (Å²) in [5, 5.41) is 9.05. The van der Waals surface area contributed by atoms with Crippen molar-refractivity contribution >= 4 is 17.5 Å². The van der Waals surface area contributed by atoms with Crippen molar-refractivity contribution in [3.63, 3.8) is 0 Å². The van der Waals surface area contributed by atoms with E-state index < -0.39 is 5.82 Å². The second kappa shape index (κ2) is 8.84. The van der Waals surface area contributed by atoms with Crippen LogP contribution < -0.4 is 9.64 Å². The van der Waals surface area contributed by atoms with Gasteiger partial charge in [0, 0.05) is 25.7 Å². The molecule has 1 aliphatic rings. The summed E-state index contributed by atoms with van der Waals surface area (Å²) in [5.74, 6) is -0.219. The third kappa shape index (κ3) is 4.67. The molecule has 148 valence electrons. The highest BCUT2D eigenvalue weighted by atomic mass is 19.1. The standard InChI is InChI=1S/C21H23FN2O4/c1-15(26)24(18-4-2-3-17(22)11-18)19-9-10-23(12-19)21(27)14-28-20-7-5-16(13-25)6-8-20/h2-8,11,19,25H,9-10,12-14H2,1H3. The zero-order chi connectivity index (χ0) is 20.1. The van der Waals surface area contributed by atoms with Crippen molar-refractivity contribution in [2.45, 2.75) is 26.0 Å². The van der Waals surface area contributed by atoms with Gasteiger partial charge in [0.05, 0.1) is 12.6 Å². The first-order chi connectivity index (χ1) is 13.5. The number of nitrogens with zero attached hydrogens (tertiary/aromatic N) is 2. The number of hydrogen-bond donors (Lipinski definition) is 1. The molecular weight excluding hydrogens is 363 g/mol. The van der Waals surface area contributed by atoms with E-state index in [2.05, 4.69) is 0 Å². The Morgan fingerprint density at radius 3 is 2.64 bits per heavy atom. The number of likely N-dealkylation sites (tertiary alicyclic amines) is 1. The monoisotopic (exact) mass is 386 g/mol. The molecule has 7 heteroatoms. The van der Waals surface area contributed by atoms with E-state index in [0.29, 0.717) is 30.9 Å². The first-order valence-electron chi connectivity index (χ1n) is 9.13. The fraction of sp³-hybridized carbons (Fsp3) is 0.333. The molecule has 0 radical (unpaired) electrons. The predicted octanol–water partition coefficient (Wildman–Crippen LogP) is 2.35. The van der Waals surface area contributed by atoms with E-state index in [4.69, 9.17) is 9.84 Å². The van der Waals surface area contributed by atoms with Crippen molar-refractivity contribution in [2.24, 2.45) is 0 Å². The Bertz CT molecular complexity index is 841. The fourth-order valence-corrected chi connectivity index (χ4v) is 3.38. The van der Waals surface area contributed by atoms with Gasteiger partial charge in [-0.1, -0.05) is 18.2 Å². The Labute approximate surface area is 163 Å². The number of aliphatic hydroxyl groups excluding tert-OH is 1. The van der Waals surface area contributed by atoms with Crippen LogP contribution >= 0.6 is 0 Å². The van der Waals surface area contributed by atoms with Crippen molar-refractivity contribution in [3.8, 4) is 5.75 Å². The van der Waals surface area contributed by atoms with E-state index in [1.807, 2.05) is 0 Å². The van der Waals surface area contributed by atoms with E-state index >= 15 is 0 Å². The molecule has 1 aliphatic heterocycles. The lowest BCUT2D eigenvalue weighted by molar-refractivity contribution is -0.132. The van der Waals surface area contributed by atoms with Gasteiger partial charge >= 0.3 is 0 Å². The molecule has 1 heterocycles. The number of anilines is 1. The Morgan fingerprint density at radius 1 is 1.25 bits per heavy atom. The van der Waals surface area contributed by atoms with Crippen LogP contribution in [0.4, 0.5) is 10.1 Å². The van der Waals surface area contributed by atoms with Crippen LogP contribution in [0.3, 0.4) is 0 Å². The minimum atomic E-state index is -0.407. The van der Waals surface area contributed by atoms with Crippen LogP contribution in [0, 0.1) is 5.82 Å². The number of halogens is 1. The summed E-state index contributed by atoms with van der Waals surface area (Å²) >= 11 is 0. The zero-order valence-corrected chi connectivity index (χ0v) is 15.7. The third-order valence-corrected chi connectivity index (χ3v) is 4.78. The van der Waals surface area contributed by atoms with E-state index in [9.17, 15) is 14.0 Å². The summed E-state index contributed by atoms with van der Waals surface area (Å²) in [5.41, 5.74) is 1.26. The maximum atomic E-state index is 13.6. The summed E-state index contributed by atoms with van der Waals surface area (Å²) in [7, 11) is 0. The van der Waals surface area contributed by atoms with Gasteiger partial charge in [0.2, 0.25) is 5.91 Å². The van der Waals surface area contributed by atoms with E-state index in [1.54, 1.807) is 46.2 Å². The second-order valence-corrected chi connectivity index (χ2v) is 6.74. The highest BCUT2D eigenvalue weighted by Crippen LogP contribution is 2.24. The van der Waals surface area contributed by atoms with Crippen molar-refractivity contribution in [1.82, 2.24) is 4.90 Å². The molecule has 0 aromatic heterocycles. The number of ether oxygens (including phenoxy) is 1. The molecule has 0 saturated carbocycles. The van der Waals surface area contributed by atoms with Gasteiger partial charge < -0.3 is 19.6 Å². The number of rotatable bonds is 6. The molecule has 3 rings (SSSR count). The van der Waals surface area contributed by atoms with Crippen molar-refractivity contribution in [1.29, 1.82) is 0 Å². The fourth-order valence-electron chi connectivity index (χ4n) is 3.38. The van der Waals surface area contributed by atoms with Gasteiger partial charge in [0.15, 0.2) is 6.61 Å². The van der Waals surface area contributed by atoms with Gasteiger partial charge in [-0.3, -0.25) is 9.59 Å². The van der Waals surface area contributed by atoms with Crippen molar-refractivity contribution in [3.05, 3.63) is 59.9 Å². The quantitative estimate of drug-likeness (QED) is 0.827. The highest BCUT2D eigenvalue weighted by molar-refractivity contribution is 5.92. The van der Waals surface area contributed by atoms with Crippen LogP contribution in [-0.2, 0) is 16.2 Å². The molecule has 2 aromatic rings. The van der Waals surface area contributed by atoms with Gasteiger partial charge in [-0.25, -0.2) is 4.39 Å². The molecule has 0 aliphatic carbocycles. The molecule has 1 N–H and O–H groups in total. The Hall–Kier alpha value is -2.93. The zero-order valence-electron chi connectivity index (χ0n) is 15.7. The lowest BCUT2D eigenvalue weighted by Gasteiger charge is -2.28. The largest absolute Gasteiger partial charge is 0.484 e. The van der Waals surface area contributed by atoms with Crippen molar-refractivity contribution in [2.75, 3.05) is 24.6 Å². The summed E-state index contributed by atoms with van der Waals surface area (Å²) in [6.45, 7) is 2.17. The lowest BCUT2D eigenvalue weighted by Crippen LogP contribution is -2.42. The lowest BCUT2D eigenvalue weighted by atomic mass is 10.2.